The maximum atomic E-state index is 13.6. The van der Waals surface area contributed by atoms with E-state index < -0.39 is 11.8 Å². The van der Waals surface area contributed by atoms with Gasteiger partial charge in [-0.15, -0.1) is 0 Å². The molecular weight excluding hydrogens is 213 g/mol. The number of nitrogens with two attached hydrogens (primary N) is 1. The van der Waals surface area contributed by atoms with Crippen LogP contribution in [0.5, 0.6) is 0 Å². The molecule has 5 nitrogen and oxygen atoms in total. The molecule has 0 saturated carbocycles. The van der Waals surface area contributed by atoms with Crippen molar-refractivity contribution >= 4 is 23.0 Å². The van der Waals surface area contributed by atoms with Crippen molar-refractivity contribution < 1.29 is 13.9 Å². The molecule has 0 spiro atoms. The highest BCUT2D eigenvalue weighted by Crippen LogP contribution is 2.21. The van der Waals surface area contributed by atoms with Crippen LogP contribution in [-0.4, -0.2) is 22.6 Å². The summed E-state index contributed by atoms with van der Waals surface area (Å²) in [7, 11) is 2.88. The number of fused-ring (bicyclic) bond motifs is 1. The smallest absolute Gasteiger partial charge is 0.338 e. The van der Waals surface area contributed by atoms with Crippen molar-refractivity contribution in [1.29, 1.82) is 0 Å². The first-order valence-corrected chi connectivity index (χ1v) is 4.54. The molecule has 0 atom stereocenters. The summed E-state index contributed by atoms with van der Waals surface area (Å²) in [5.41, 5.74) is 6.29. The van der Waals surface area contributed by atoms with Gasteiger partial charge in [0.25, 0.3) is 0 Å². The number of halogens is 1. The Balaban J connectivity index is 2.75. The molecule has 1 aromatic heterocycles. The van der Waals surface area contributed by atoms with Crippen LogP contribution in [0, 0.1) is 5.82 Å². The second-order valence-electron chi connectivity index (χ2n) is 3.35. The maximum Gasteiger partial charge on any atom is 0.338 e. The van der Waals surface area contributed by atoms with E-state index in [2.05, 4.69) is 9.72 Å². The average molecular weight is 223 g/mol. The number of nitrogens with zero attached hydrogens (tertiary/aromatic N) is 2. The van der Waals surface area contributed by atoms with E-state index in [1.165, 1.54) is 17.7 Å². The number of aromatic nitrogens is 2. The molecular formula is C10H10FN3O2. The fourth-order valence-electron chi connectivity index (χ4n) is 1.50. The molecule has 1 heterocycles. The van der Waals surface area contributed by atoms with Crippen molar-refractivity contribution in [3.63, 3.8) is 0 Å². The SMILES string of the molecule is COC(=O)c1cc(F)c2nc(N)n(C)c2c1. The van der Waals surface area contributed by atoms with E-state index in [1.54, 1.807) is 7.05 Å². The van der Waals surface area contributed by atoms with Crippen LogP contribution >= 0.6 is 0 Å². The van der Waals surface area contributed by atoms with Gasteiger partial charge in [0.15, 0.2) is 5.82 Å². The second kappa shape index (κ2) is 3.48. The minimum absolute atomic E-state index is 0.135. The molecule has 0 amide bonds. The summed E-state index contributed by atoms with van der Waals surface area (Å²) >= 11 is 0. The van der Waals surface area contributed by atoms with Gasteiger partial charge < -0.3 is 15.0 Å². The predicted octanol–water partition coefficient (Wildman–Crippen LogP) is 1.08. The molecule has 2 rings (SSSR count). The number of hydrogen-bond acceptors (Lipinski definition) is 4. The van der Waals surface area contributed by atoms with Gasteiger partial charge in [0.2, 0.25) is 5.95 Å². The van der Waals surface area contributed by atoms with Crippen LogP contribution in [0.15, 0.2) is 12.1 Å². The summed E-state index contributed by atoms with van der Waals surface area (Å²) in [5, 5.41) is 0. The fraction of sp³-hybridized carbons (Fsp3) is 0.200. The lowest BCUT2D eigenvalue weighted by atomic mass is 10.2. The lowest BCUT2D eigenvalue weighted by Gasteiger charge is -2.01. The van der Waals surface area contributed by atoms with Crippen molar-refractivity contribution in [2.45, 2.75) is 0 Å². The summed E-state index contributed by atoms with van der Waals surface area (Å²) in [6.07, 6.45) is 0. The number of methoxy groups -OCH3 is 1. The van der Waals surface area contributed by atoms with Crippen LogP contribution < -0.4 is 5.73 Å². The summed E-state index contributed by atoms with van der Waals surface area (Å²) in [5.74, 6) is -0.998. The number of nitrogen functional groups attached to an aromatic ring is 1. The van der Waals surface area contributed by atoms with E-state index in [0.29, 0.717) is 5.52 Å². The molecule has 2 aromatic rings. The van der Waals surface area contributed by atoms with E-state index in [9.17, 15) is 9.18 Å². The van der Waals surface area contributed by atoms with Crippen LogP contribution in [0.2, 0.25) is 0 Å². The van der Waals surface area contributed by atoms with Gasteiger partial charge in [0.05, 0.1) is 18.2 Å². The first kappa shape index (κ1) is 10.4. The molecule has 0 aliphatic rings. The highest BCUT2D eigenvalue weighted by Gasteiger charge is 2.15. The predicted molar refractivity (Wildman–Crippen MR) is 56.4 cm³/mol. The standard InChI is InChI=1S/C10H10FN3O2/c1-14-7-4-5(9(15)16-2)3-6(11)8(7)13-10(14)12/h3-4H,1-2H3,(H2,12,13). The van der Waals surface area contributed by atoms with Crippen LogP contribution in [0.3, 0.4) is 0 Å². The summed E-state index contributed by atoms with van der Waals surface area (Å²) < 4.78 is 19.6. The Bertz CT molecular complexity index is 577. The molecule has 84 valence electrons. The molecule has 0 aliphatic heterocycles. The van der Waals surface area contributed by atoms with Gasteiger partial charge in [-0.1, -0.05) is 0 Å². The van der Waals surface area contributed by atoms with Gasteiger partial charge in [0, 0.05) is 7.05 Å². The lowest BCUT2D eigenvalue weighted by Crippen LogP contribution is -2.02. The summed E-state index contributed by atoms with van der Waals surface area (Å²) in [6, 6.07) is 2.58. The molecule has 16 heavy (non-hydrogen) atoms. The topological polar surface area (TPSA) is 70.1 Å². The number of carbonyl (C=O) groups is 1. The van der Waals surface area contributed by atoms with Crippen molar-refractivity contribution in [3.05, 3.63) is 23.5 Å². The molecule has 1 aromatic carbocycles. The third-order valence-electron chi connectivity index (χ3n) is 2.40. The number of aryl methyl sites for hydroxylation is 1. The van der Waals surface area contributed by atoms with Crippen LogP contribution in [0.25, 0.3) is 11.0 Å². The normalized spacial score (nSPS) is 10.7. The first-order valence-electron chi connectivity index (χ1n) is 4.54. The number of esters is 1. The van der Waals surface area contributed by atoms with Crippen LogP contribution in [0.1, 0.15) is 10.4 Å². The van der Waals surface area contributed by atoms with Gasteiger partial charge in [-0.2, -0.15) is 0 Å². The molecule has 0 bridgehead atoms. The zero-order valence-corrected chi connectivity index (χ0v) is 8.82. The van der Waals surface area contributed by atoms with E-state index in [4.69, 9.17) is 5.73 Å². The number of ether oxygens (including phenoxy) is 1. The molecule has 6 heteroatoms. The zero-order valence-electron chi connectivity index (χ0n) is 8.82. The Kier molecular flexibility index (Phi) is 2.26. The lowest BCUT2D eigenvalue weighted by molar-refractivity contribution is 0.0600. The number of carbonyl (C=O) groups excluding carboxylic acids is 1. The Morgan fingerprint density at radius 1 is 1.56 bits per heavy atom. The Hall–Kier alpha value is -2.11. The largest absolute Gasteiger partial charge is 0.465 e. The number of imidazole rings is 1. The van der Waals surface area contributed by atoms with Gasteiger partial charge in [-0.25, -0.2) is 14.2 Å². The van der Waals surface area contributed by atoms with Crippen molar-refractivity contribution in [2.75, 3.05) is 12.8 Å². The molecule has 0 fully saturated rings. The molecule has 0 aliphatic carbocycles. The van der Waals surface area contributed by atoms with E-state index in [-0.39, 0.29) is 17.0 Å². The monoisotopic (exact) mass is 223 g/mol. The summed E-state index contributed by atoms with van der Waals surface area (Å²) in [4.78, 5) is 15.1. The minimum Gasteiger partial charge on any atom is -0.465 e. The quantitative estimate of drug-likeness (QED) is 0.734. The highest BCUT2D eigenvalue weighted by molar-refractivity contribution is 5.94. The zero-order chi connectivity index (χ0) is 11.9. The number of rotatable bonds is 1. The van der Waals surface area contributed by atoms with Gasteiger partial charge in [-0.05, 0) is 12.1 Å². The first-order chi connectivity index (χ1) is 7.54. The molecule has 2 N–H and O–H groups in total. The van der Waals surface area contributed by atoms with Gasteiger partial charge in [-0.3, -0.25) is 0 Å². The maximum absolute atomic E-state index is 13.6. The Labute approximate surface area is 90.6 Å². The van der Waals surface area contributed by atoms with Crippen molar-refractivity contribution in [1.82, 2.24) is 9.55 Å². The third kappa shape index (κ3) is 1.39. The highest BCUT2D eigenvalue weighted by atomic mass is 19.1. The summed E-state index contributed by atoms with van der Waals surface area (Å²) in [6.45, 7) is 0. The third-order valence-corrected chi connectivity index (χ3v) is 2.40. The Morgan fingerprint density at radius 2 is 2.25 bits per heavy atom. The van der Waals surface area contributed by atoms with Crippen LogP contribution in [0.4, 0.5) is 10.3 Å². The molecule has 0 unspecified atom stereocenters. The van der Waals surface area contributed by atoms with Gasteiger partial charge in [0.1, 0.15) is 5.52 Å². The second-order valence-corrected chi connectivity index (χ2v) is 3.35. The van der Waals surface area contributed by atoms with Crippen LogP contribution in [-0.2, 0) is 11.8 Å². The fourth-order valence-corrected chi connectivity index (χ4v) is 1.50. The molecule has 0 radical (unpaired) electrons. The van der Waals surface area contributed by atoms with E-state index >= 15 is 0 Å². The van der Waals surface area contributed by atoms with Gasteiger partial charge >= 0.3 is 5.97 Å². The Morgan fingerprint density at radius 3 is 2.88 bits per heavy atom. The number of anilines is 1. The average Bonchev–Trinajstić information content (AvgIpc) is 2.56. The number of benzene rings is 1. The minimum atomic E-state index is -0.597. The van der Waals surface area contributed by atoms with Crippen molar-refractivity contribution in [2.24, 2.45) is 7.05 Å². The van der Waals surface area contributed by atoms with E-state index in [1.807, 2.05) is 0 Å². The number of hydrogen-bond donors (Lipinski definition) is 1. The molecule has 0 saturated heterocycles. The van der Waals surface area contributed by atoms with E-state index in [0.717, 1.165) is 6.07 Å². The van der Waals surface area contributed by atoms with Crippen molar-refractivity contribution in [3.8, 4) is 0 Å².